The van der Waals surface area contributed by atoms with Crippen LogP contribution in [0.5, 0.6) is 5.75 Å². The van der Waals surface area contributed by atoms with Gasteiger partial charge in [-0.05, 0) is 56.2 Å². The summed E-state index contributed by atoms with van der Waals surface area (Å²) in [6, 6.07) is 11.3. The van der Waals surface area contributed by atoms with Crippen LogP contribution in [0.4, 0.5) is 5.69 Å². The van der Waals surface area contributed by atoms with E-state index in [0.717, 1.165) is 27.9 Å². The first-order chi connectivity index (χ1) is 13.9. The second-order valence-corrected chi connectivity index (χ2v) is 6.96. The molecule has 0 aliphatic heterocycles. The van der Waals surface area contributed by atoms with Crippen molar-refractivity contribution in [3.63, 3.8) is 0 Å². The average molecular weight is 395 g/mol. The summed E-state index contributed by atoms with van der Waals surface area (Å²) in [5.41, 5.74) is 4.21. The molecule has 0 unspecified atom stereocenters. The Hall–Kier alpha value is -3.28. The number of hydrogen-bond acceptors (Lipinski definition) is 5. The van der Waals surface area contributed by atoms with Crippen LogP contribution in [0.2, 0.25) is 0 Å². The van der Waals surface area contributed by atoms with Crippen molar-refractivity contribution in [2.24, 2.45) is 0 Å². The number of esters is 1. The normalized spacial score (nSPS) is 10.8. The molecule has 1 N–H and O–H groups in total. The number of hydrogen-bond donors (Lipinski definition) is 1. The topological polar surface area (TPSA) is 77.8 Å². The monoisotopic (exact) mass is 395 g/mol. The van der Waals surface area contributed by atoms with Gasteiger partial charge >= 0.3 is 5.97 Å². The van der Waals surface area contributed by atoms with Crippen molar-refractivity contribution in [2.75, 3.05) is 11.9 Å². The minimum absolute atomic E-state index is 0.0997. The molecule has 0 aliphatic carbocycles. The maximum atomic E-state index is 11.9. The number of fused-ring (bicyclic) bond motifs is 1. The number of carbonyl (C=O) groups is 2. The summed E-state index contributed by atoms with van der Waals surface area (Å²) in [5.74, 6) is 0.896. The van der Waals surface area contributed by atoms with Crippen molar-refractivity contribution >= 4 is 28.5 Å². The maximum absolute atomic E-state index is 11.9. The summed E-state index contributed by atoms with van der Waals surface area (Å²) >= 11 is 0. The molecule has 0 fully saturated rings. The van der Waals surface area contributed by atoms with Crippen LogP contribution < -0.4 is 10.1 Å². The van der Waals surface area contributed by atoms with Crippen molar-refractivity contribution in [1.82, 2.24) is 0 Å². The van der Waals surface area contributed by atoms with Crippen LogP contribution in [0, 0.1) is 13.8 Å². The van der Waals surface area contributed by atoms with Gasteiger partial charge in [-0.2, -0.15) is 0 Å². The molecule has 0 radical (unpaired) electrons. The Bertz CT molecular complexity index is 1050. The van der Waals surface area contributed by atoms with Crippen molar-refractivity contribution in [2.45, 2.75) is 40.7 Å². The number of ether oxygens (including phenoxy) is 2. The van der Waals surface area contributed by atoms with Gasteiger partial charge < -0.3 is 19.2 Å². The number of anilines is 1. The number of aryl methyl sites for hydroxylation is 2. The Morgan fingerprint density at radius 1 is 1.10 bits per heavy atom. The maximum Gasteiger partial charge on any atom is 0.310 e. The molecule has 3 aromatic rings. The number of carbonyl (C=O) groups excluding carboxylic acids is 2. The predicted molar refractivity (Wildman–Crippen MR) is 111 cm³/mol. The van der Waals surface area contributed by atoms with Gasteiger partial charge in [0, 0.05) is 29.6 Å². The van der Waals surface area contributed by atoms with Crippen LogP contribution in [0.15, 0.2) is 40.8 Å². The van der Waals surface area contributed by atoms with E-state index in [-0.39, 0.29) is 18.3 Å². The molecule has 2 aromatic carbocycles. The lowest BCUT2D eigenvalue weighted by Gasteiger charge is -2.14. The average Bonchev–Trinajstić information content (AvgIpc) is 3.02. The van der Waals surface area contributed by atoms with Crippen LogP contribution >= 0.6 is 0 Å². The van der Waals surface area contributed by atoms with Gasteiger partial charge in [0.05, 0.1) is 13.0 Å². The van der Waals surface area contributed by atoms with E-state index in [0.29, 0.717) is 30.2 Å². The Labute approximate surface area is 169 Å². The lowest BCUT2D eigenvalue weighted by atomic mass is 10.1. The van der Waals surface area contributed by atoms with E-state index in [1.165, 1.54) is 6.92 Å². The Morgan fingerprint density at radius 3 is 2.62 bits per heavy atom. The van der Waals surface area contributed by atoms with Gasteiger partial charge in [-0.15, -0.1) is 0 Å². The molecule has 1 amide bonds. The van der Waals surface area contributed by atoms with Gasteiger partial charge in [-0.1, -0.05) is 6.07 Å². The van der Waals surface area contributed by atoms with E-state index in [2.05, 4.69) is 5.32 Å². The molecule has 0 aliphatic rings. The minimum Gasteiger partial charge on any atom is -0.489 e. The highest BCUT2D eigenvalue weighted by atomic mass is 16.5. The zero-order valence-electron chi connectivity index (χ0n) is 17.1. The highest BCUT2D eigenvalue weighted by Gasteiger charge is 2.13. The molecule has 6 nitrogen and oxygen atoms in total. The van der Waals surface area contributed by atoms with E-state index in [4.69, 9.17) is 13.9 Å². The fourth-order valence-corrected chi connectivity index (χ4v) is 3.26. The summed E-state index contributed by atoms with van der Waals surface area (Å²) in [7, 11) is 0. The molecule has 0 saturated heterocycles. The van der Waals surface area contributed by atoms with Gasteiger partial charge in [-0.3, -0.25) is 9.59 Å². The van der Waals surface area contributed by atoms with Crippen LogP contribution in [0.3, 0.4) is 0 Å². The summed E-state index contributed by atoms with van der Waals surface area (Å²) in [6.45, 7) is 7.77. The van der Waals surface area contributed by atoms with E-state index < -0.39 is 0 Å². The zero-order valence-corrected chi connectivity index (χ0v) is 17.1. The molecule has 0 spiro atoms. The molecule has 6 heteroatoms. The van der Waals surface area contributed by atoms with Crippen LogP contribution in [-0.4, -0.2) is 18.5 Å². The molecule has 0 atom stereocenters. The summed E-state index contributed by atoms with van der Waals surface area (Å²) in [4.78, 5) is 23.3. The summed E-state index contributed by atoms with van der Waals surface area (Å²) in [6.07, 6.45) is 0.0997. The van der Waals surface area contributed by atoms with Crippen molar-refractivity contribution in [1.29, 1.82) is 0 Å². The van der Waals surface area contributed by atoms with E-state index >= 15 is 0 Å². The fraction of sp³-hybridized carbons (Fsp3) is 0.304. The van der Waals surface area contributed by atoms with Gasteiger partial charge in [0.25, 0.3) is 0 Å². The molecule has 1 aromatic heterocycles. The first-order valence-corrected chi connectivity index (χ1v) is 9.54. The first kappa shape index (κ1) is 20.5. The Kier molecular flexibility index (Phi) is 6.22. The number of furan rings is 1. The minimum atomic E-state index is -0.323. The van der Waals surface area contributed by atoms with E-state index in [1.54, 1.807) is 25.1 Å². The van der Waals surface area contributed by atoms with Gasteiger partial charge in [0.2, 0.25) is 5.91 Å². The second kappa shape index (κ2) is 8.82. The molecule has 29 heavy (non-hydrogen) atoms. The molecule has 0 bridgehead atoms. The summed E-state index contributed by atoms with van der Waals surface area (Å²) < 4.78 is 16.8. The van der Waals surface area contributed by atoms with Gasteiger partial charge in [0.15, 0.2) is 0 Å². The standard InChI is InChI=1S/C23H25NO5/c1-5-27-22(26)11-18-6-7-20(24-16(4)25)12-21(18)28-13-17-8-14(2)23-19(10-17)9-15(3)29-23/h6-10,12H,5,11,13H2,1-4H3,(H,24,25). The smallest absolute Gasteiger partial charge is 0.310 e. The van der Waals surface area contributed by atoms with E-state index in [1.807, 2.05) is 32.0 Å². The van der Waals surface area contributed by atoms with Gasteiger partial charge in [-0.25, -0.2) is 0 Å². The SMILES string of the molecule is CCOC(=O)Cc1ccc(NC(C)=O)cc1OCc1cc(C)c2oc(C)cc2c1. The molecule has 3 rings (SSSR count). The van der Waals surface area contributed by atoms with Crippen molar-refractivity contribution in [3.05, 3.63) is 58.8 Å². The first-order valence-electron chi connectivity index (χ1n) is 9.54. The third-order valence-electron chi connectivity index (χ3n) is 4.41. The lowest BCUT2D eigenvalue weighted by Crippen LogP contribution is -2.10. The highest BCUT2D eigenvalue weighted by Crippen LogP contribution is 2.28. The lowest BCUT2D eigenvalue weighted by molar-refractivity contribution is -0.142. The van der Waals surface area contributed by atoms with Crippen LogP contribution in [-0.2, 0) is 27.4 Å². The van der Waals surface area contributed by atoms with E-state index in [9.17, 15) is 9.59 Å². The number of nitrogens with one attached hydrogen (secondary N) is 1. The van der Waals surface area contributed by atoms with Crippen molar-refractivity contribution < 1.29 is 23.5 Å². The predicted octanol–water partition coefficient (Wildman–Crippen LogP) is 4.69. The molecule has 1 heterocycles. The fourth-order valence-electron chi connectivity index (χ4n) is 3.26. The largest absolute Gasteiger partial charge is 0.489 e. The Morgan fingerprint density at radius 2 is 1.90 bits per heavy atom. The highest BCUT2D eigenvalue weighted by molar-refractivity contribution is 5.89. The van der Waals surface area contributed by atoms with Gasteiger partial charge in [0.1, 0.15) is 23.7 Å². The Balaban J connectivity index is 1.85. The van der Waals surface area contributed by atoms with Crippen LogP contribution in [0.1, 0.15) is 36.3 Å². The summed E-state index contributed by atoms with van der Waals surface area (Å²) in [5, 5.41) is 3.77. The number of benzene rings is 2. The second-order valence-electron chi connectivity index (χ2n) is 6.96. The zero-order chi connectivity index (χ0) is 21.0. The molecular formula is C23H25NO5. The third-order valence-corrected chi connectivity index (χ3v) is 4.41. The number of rotatable bonds is 7. The third kappa shape index (κ3) is 5.16. The molecule has 152 valence electrons. The molecular weight excluding hydrogens is 370 g/mol. The van der Waals surface area contributed by atoms with Crippen molar-refractivity contribution in [3.8, 4) is 5.75 Å². The number of amides is 1. The quantitative estimate of drug-likeness (QED) is 0.587. The molecule has 0 saturated carbocycles. The van der Waals surface area contributed by atoms with Crippen LogP contribution in [0.25, 0.3) is 11.0 Å².